The van der Waals surface area contributed by atoms with E-state index in [4.69, 9.17) is 0 Å². The van der Waals surface area contributed by atoms with Crippen molar-refractivity contribution in [2.24, 2.45) is 0 Å². The van der Waals surface area contributed by atoms with Crippen LogP contribution in [0.4, 0.5) is 0 Å². The van der Waals surface area contributed by atoms with Crippen molar-refractivity contribution in [1.82, 2.24) is 9.97 Å². The first-order chi connectivity index (χ1) is 10.8. The third-order valence-corrected chi connectivity index (χ3v) is 4.61. The van der Waals surface area contributed by atoms with Crippen LogP contribution in [0, 0.1) is 0 Å². The van der Waals surface area contributed by atoms with Crippen LogP contribution >= 0.6 is 11.3 Å². The summed E-state index contributed by atoms with van der Waals surface area (Å²) in [5, 5.41) is 10.5. The average Bonchev–Trinajstić information content (AvgIpc) is 2.93. The number of hydrogen-bond donors (Lipinski definition) is 1. The molecule has 4 heteroatoms. The number of benzene rings is 2. The molecular formula is C18H12N2OS. The fourth-order valence-corrected chi connectivity index (χ4v) is 3.38. The highest BCUT2D eigenvalue weighted by atomic mass is 32.1. The highest BCUT2D eigenvalue weighted by molar-refractivity contribution is 7.22. The van der Waals surface area contributed by atoms with Crippen molar-refractivity contribution in [1.29, 1.82) is 0 Å². The molecule has 0 bridgehead atoms. The molecule has 0 atom stereocenters. The predicted octanol–water partition coefficient (Wildman–Crippen LogP) is 4.73. The van der Waals surface area contributed by atoms with Gasteiger partial charge >= 0.3 is 0 Å². The van der Waals surface area contributed by atoms with Gasteiger partial charge in [-0.05, 0) is 5.56 Å². The largest absolute Gasteiger partial charge is 0.504 e. The number of aromatic nitrogens is 2. The lowest BCUT2D eigenvalue weighted by molar-refractivity contribution is 0.484. The third-order valence-electron chi connectivity index (χ3n) is 3.48. The summed E-state index contributed by atoms with van der Waals surface area (Å²) in [6.07, 6.45) is 1.75. The molecule has 0 amide bonds. The fourth-order valence-electron chi connectivity index (χ4n) is 2.39. The molecule has 2 aromatic heterocycles. The molecular weight excluding hydrogens is 292 g/mol. The van der Waals surface area contributed by atoms with Gasteiger partial charge in [0.15, 0.2) is 5.75 Å². The van der Waals surface area contributed by atoms with Crippen molar-refractivity contribution < 1.29 is 5.11 Å². The molecule has 2 aromatic carbocycles. The Balaban J connectivity index is 1.89. The number of thiophene rings is 1. The van der Waals surface area contributed by atoms with E-state index in [1.807, 2.05) is 60.7 Å². The second-order valence-corrected chi connectivity index (χ2v) is 5.92. The van der Waals surface area contributed by atoms with E-state index in [0.29, 0.717) is 5.52 Å². The van der Waals surface area contributed by atoms with Crippen LogP contribution in [-0.4, -0.2) is 15.1 Å². The minimum atomic E-state index is 0.205. The Morgan fingerprint density at radius 2 is 1.45 bits per heavy atom. The maximum Gasteiger partial charge on any atom is 0.162 e. The Hall–Kier alpha value is -2.72. The standard InChI is InChI=1S/C18H12N2OS/c21-16-15-18(22-17(16)13-9-5-2-6-10-13)19-11-14(20-15)12-7-3-1-4-8-12/h1-11,21H. The predicted molar refractivity (Wildman–Crippen MR) is 90.0 cm³/mol. The smallest absolute Gasteiger partial charge is 0.162 e. The Morgan fingerprint density at radius 1 is 0.818 bits per heavy atom. The SMILES string of the molecule is Oc1c(-c2ccccc2)sc2ncc(-c3ccccc3)nc12. The second-order valence-electron chi connectivity index (χ2n) is 4.92. The molecule has 0 saturated heterocycles. The van der Waals surface area contributed by atoms with Gasteiger partial charge in [0.05, 0.1) is 16.8 Å². The lowest BCUT2D eigenvalue weighted by Gasteiger charge is -2.00. The maximum atomic E-state index is 10.5. The highest BCUT2D eigenvalue weighted by Crippen LogP contribution is 2.42. The van der Waals surface area contributed by atoms with Crippen LogP contribution in [0.15, 0.2) is 66.9 Å². The van der Waals surface area contributed by atoms with Crippen LogP contribution in [0.3, 0.4) is 0 Å². The summed E-state index contributed by atoms with van der Waals surface area (Å²) in [5.74, 6) is 0.205. The molecule has 0 spiro atoms. The lowest BCUT2D eigenvalue weighted by atomic mass is 10.1. The van der Waals surface area contributed by atoms with Gasteiger partial charge in [0.1, 0.15) is 10.3 Å². The quantitative estimate of drug-likeness (QED) is 0.582. The van der Waals surface area contributed by atoms with Gasteiger partial charge in [-0.3, -0.25) is 0 Å². The van der Waals surface area contributed by atoms with Gasteiger partial charge in [-0.15, -0.1) is 11.3 Å². The Labute approximate surface area is 131 Å². The van der Waals surface area contributed by atoms with Crippen LogP contribution in [0.1, 0.15) is 0 Å². The van der Waals surface area contributed by atoms with Crippen molar-refractivity contribution in [3.8, 4) is 27.4 Å². The summed E-state index contributed by atoms with van der Waals surface area (Å²) in [6.45, 7) is 0. The highest BCUT2D eigenvalue weighted by Gasteiger charge is 2.16. The minimum absolute atomic E-state index is 0.205. The van der Waals surface area contributed by atoms with Crippen LogP contribution in [0.2, 0.25) is 0 Å². The van der Waals surface area contributed by atoms with Gasteiger partial charge in [0.25, 0.3) is 0 Å². The zero-order valence-corrected chi connectivity index (χ0v) is 12.4. The molecule has 0 aliphatic rings. The van der Waals surface area contributed by atoms with Gasteiger partial charge in [-0.25, -0.2) is 9.97 Å². The molecule has 22 heavy (non-hydrogen) atoms. The summed E-state index contributed by atoms with van der Waals surface area (Å²) in [7, 11) is 0. The van der Waals surface area contributed by atoms with Crippen molar-refractivity contribution in [3.63, 3.8) is 0 Å². The Morgan fingerprint density at radius 3 is 2.14 bits per heavy atom. The van der Waals surface area contributed by atoms with Crippen molar-refractivity contribution in [2.45, 2.75) is 0 Å². The van der Waals surface area contributed by atoms with Gasteiger partial charge in [-0.2, -0.15) is 0 Å². The molecule has 2 heterocycles. The van der Waals surface area contributed by atoms with Gasteiger partial charge in [0.2, 0.25) is 0 Å². The number of rotatable bonds is 2. The van der Waals surface area contributed by atoms with E-state index in [2.05, 4.69) is 9.97 Å². The zero-order chi connectivity index (χ0) is 14.9. The fraction of sp³-hybridized carbons (Fsp3) is 0. The average molecular weight is 304 g/mol. The first-order valence-corrected chi connectivity index (χ1v) is 7.74. The van der Waals surface area contributed by atoms with E-state index in [0.717, 1.165) is 26.5 Å². The number of fused-ring (bicyclic) bond motifs is 1. The van der Waals surface area contributed by atoms with Crippen LogP contribution in [0.25, 0.3) is 32.0 Å². The molecule has 4 rings (SSSR count). The molecule has 106 valence electrons. The van der Waals surface area contributed by atoms with E-state index >= 15 is 0 Å². The summed E-state index contributed by atoms with van der Waals surface area (Å²) in [6, 6.07) is 19.7. The Bertz CT molecular complexity index is 933. The van der Waals surface area contributed by atoms with E-state index in [-0.39, 0.29) is 5.75 Å². The molecule has 0 fully saturated rings. The van der Waals surface area contributed by atoms with E-state index < -0.39 is 0 Å². The summed E-state index contributed by atoms with van der Waals surface area (Å²) < 4.78 is 0. The molecule has 1 N–H and O–H groups in total. The van der Waals surface area contributed by atoms with Crippen LogP contribution in [-0.2, 0) is 0 Å². The van der Waals surface area contributed by atoms with Crippen LogP contribution in [0.5, 0.6) is 5.75 Å². The zero-order valence-electron chi connectivity index (χ0n) is 11.6. The molecule has 0 aliphatic carbocycles. The topological polar surface area (TPSA) is 46.0 Å². The first-order valence-electron chi connectivity index (χ1n) is 6.92. The molecule has 0 saturated carbocycles. The van der Waals surface area contributed by atoms with E-state index in [9.17, 15) is 5.11 Å². The monoisotopic (exact) mass is 304 g/mol. The summed E-state index contributed by atoms with van der Waals surface area (Å²) in [4.78, 5) is 10.6. The number of aromatic hydroxyl groups is 1. The maximum absolute atomic E-state index is 10.5. The Kier molecular flexibility index (Phi) is 3.09. The summed E-state index contributed by atoms with van der Waals surface area (Å²) >= 11 is 1.46. The number of hydrogen-bond acceptors (Lipinski definition) is 4. The first kappa shape index (κ1) is 13.0. The minimum Gasteiger partial charge on any atom is -0.504 e. The van der Waals surface area contributed by atoms with Crippen molar-refractivity contribution in [3.05, 3.63) is 66.9 Å². The molecule has 3 nitrogen and oxygen atoms in total. The van der Waals surface area contributed by atoms with Crippen molar-refractivity contribution in [2.75, 3.05) is 0 Å². The molecule has 0 aliphatic heterocycles. The molecule has 4 aromatic rings. The van der Waals surface area contributed by atoms with Gasteiger partial charge < -0.3 is 5.11 Å². The van der Waals surface area contributed by atoms with Gasteiger partial charge in [0, 0.05) is 5.56 Å². The normalized spacial score (nSPS) is 10.9. The second kappa shape index (κ2) is 5.24. The van der Waals surface area contributed by atoms with Crippen LogP contribution < -0.4 is 0 Å². The number of nitrogens with zero attached hydrogens (tertiary/aromatic N) is 2. The van der Waals surface area contributed by atoms with E-state index in [1.165, 1.54) is 11.3 Å². The third kappa shape index (κ3) is 2.14. The van der Waals surface area contributed by atoms with Crippen molar-refractivity contribution >= 4 is 21.7 Å². The van der Waals surface area contributed by atoms with Gasteiger partial charge in [-0.1, -0.05) is 60.7 Å². The van der Waals surface area contributed by atoms with E-state index in [1.54, 1.807) is 6.20 Å². The summed E-state index contributed by atoms with van der Waals surface area (Å²) in [5.41, 5.74) is 3.29. The molecule has 0 radical (unpaired) electrons. The lowest BCUT2D eigenvalue weighted by Crippen LogP contribution is -1.85. The molecule has 0 unspecified atom stereocenters.